The number of hydrogen-bond acceptors (Lipinski definition) is 3. The van der Waals surface area contributed by atoms with Crippen LogP contribution in [0.25, 0.3) is 0 Å². The second kappa shape index (κ2) is 7.79. The van der Waals surface area contributed by atoms with Gasteiger partial charge in [-0.05, 0) is 29.8 Å². The van der Waals surface area contributed by atoms with Crippen LogP contribution in [0.15, 0.2) is 54.6 Å². The SMILES string of the molecule is CN(C(=O)CN1CCNCC1c1cccc(Cl)c1)c1ccccc1. The number of piperazine rings is 1. The first-order chi connectivity index (χ1) is 11.6. The minimum Gasteiger partial charge on any atom is -0.314 e. The predicted molar refractivity (Wildman–Crippen MR) is 98.5 cm³/mol. The van der Waals surface area contributed by atoms with E-state index in [1.807, 2.05) is 55.6 Å². The van der Waals surface area contributed by atoms with Gasteiger partial charge in [0.1, 0.15) is 0 Å². The van der Waals surface area contributed by atoms with Crippen LogP contribution in [0.3, 0.4) is 0 Å². The molecule has 4 nitrogen and oxygen atoms in total. The largest absolute Gasteiger partial charge is 0.314 e. The molecular formula is C19H22ClN3O. The molecule has 1 N–H and O–H groups in total. The maximum atomic E-state index is 12.7. The molecule has 126 valence electrons. The van der Waals surface area contributed by atoms with E-state index in [0.717, 1.165) is 35.9 Å². The second-order valence-corrected chi connectivity index (χ2v) is 6.47. The summed E-state index contributed by atoms with van der Waals surface area (Å²) in [5.74, 6) is 0.0927. The van der Waals surface area contributed by atoms with Crippen molar-refractivity contribution < 1.29 is 4.79 Å². The molecule has 1 amide bonds. The summed E-state index contributed by atoms with van der Waals surface area (Å²) >= 11 is 6.13. The highest BCUT2D eigenvalue weighted by Crippen LogP contribution is 2.25. The number of nitrogens with one attached hydrogen (secondary N) is 1. The number of hydrogen-bond donors (Lipinski definition) is 1. The van der Waals surface area contributed by atoms with Gasteiger partial charge in [-0.3, -0.25) is 9.69 Å². The summed E-state index contributed by atoms with van der Waals surface area (Å²) < 4.78 is 0. The lowest BCUT2D eigenvalue weighted by atomic mass is 10.0. The summed E-state index contributed by atoms with van der Waals surface area (Å²) in [6.07, 6.45) is 0. The molecule has 1 heterocycles. The highest BCUT2D eigenvalue weighted by atomic mass is 35.5. The van der Waals surface area contributed by atoms with Gasteiger partial charge < -0.3 is 10.2 Å². The lowest BCUT2D eigenvalue weighted by Crippen LogP contribution is -2.49. The van der Waals surface area contributed by atoms with Crippen LogP contribution in [-0.4, -0.2) is 44.0 Å². The summed E-state index contributed by atoms with van der Waals surface area (Å²) in [6, 6.07) is 17.8. The number of anilines is 1. The minimum absolute atomic E-state index is 0.0927. The van der Waals surface area contributed by atoms with Crippen LogP contribution in [0.5, 0.6) is 0 Å². The molecule has 3 rings (SSSR count). The summed E-state index contributed by atoms with van der Waals surface area (Å²) in [5, 5.41) is 4.13. The van der Waals surface area contributed by atoms with Crippen LogP contribution in [-0.2, 0) is 4.79 Å². The zero-order valence-corrected chi connectivity index (χ0v) is 14.5. The van der Waals surface area contributed by atoms with Crippen LogP contribution < -0.4 is 10.2 Å². The molecule has 5 heteroatoms. The highest BCUT2D eigenvalue weighted by Gasteiger charge is 2.26. The Labute approximate surface area is 148 Å². The number of amides is 1. The summed E-state index contributed by atoms with van der Waals surface area (Å²) in [4.78, 5) is 16.6. The maximum absolute atomic E-state index is 12.7. The van der Waals surface area contributed by atoms with Crippen LogP contribution >= 0.6 is 11.6 Å². The van der Waals surface area contributed by atoms with E-state index in [1.165, 1.54) is 0 Å². The van der Waals surface area contributed by atoms with Crippen molar-refractivity contribution in [2.75, 3.05) is 38.1 Å². The predicted octanol–water partition coefficient (Wildman–Crippen LogP) is 2.95. The third-order valence-electron chi connectivity index (χ3n) is 4.44. The van der Waals surface area contributed by atoms with Crippen molar-refractivity contribution in [1.82, 2.24) is 10.2 Å². The Morgan fingerprint density at radius 1 is 1.25 bits per heavy atom. The summed E-state index contributed by atoms with van der Waals surface area (Å²) in [7, 11) is 1.83. The van der Waals surface area contributed by atoms with Gasteiger partial charge in [-0.15, -0.1) is 0 Å². The van der Waals surface area contributed by atoms with Crippen LogP contribution in [0.1, 0.15) is 11.6 Å². The molecule has 1 fully saturated rings. The lowest BCUT2D eigenvalue weighted by Gasteiger charge is -2.36. The Morgan fingerprint density at radius 2 is 2.04 bits per heavy atom. The van der Waals surface area contributed by atoms with Crippen molar-refractivity contribution in [3.63, 3.8) is 0 Å². The lowest BCUT2D eigenvalue weighted by molar-refractivity contribution is -0.120. The molecule has 1 atom stereocenters. The van der Waals surface area contributed by atoms with E-state index in [-0.39, 0.29) is 11.9 Å². The Hall–Kier alpha value is -1.88. The third-order valence-corrected chi connectivity index (χ3v) is 4.68. The zero-order chi connectivity index (χ0) is 16.9. The quantitative estimate of drug-likeness (QED) is 0.927. The molecule has 24 heavy (non-hydrogen) atoms. The number of likely N-dealkylation sites (N-methyl/N-ethyl adjacent to an activating group) is 1. The number of halogens is 1. The number of para-hydroxylation sites is 1. The van der Waals surface area contributed by atoms with Gasteiger partial charge in [0.2, 0.25) is 5.91 Å². The van der Waals surface area contributed by atoms with Gasteiger partial charge in [-0.25, -0.2) is 0 Å². The van der Waals surface area contributed by atoms with Gasteiger partial charge in [-0.1, -0.05) is 41.9 Å². The number of rotatable bonds is 4. The summed E-state index contributed by atoms with van der Waals surface area (Å²) in [6.45, 7) is 2.94. The van der Waals surface area contributed by atoms with Gasteiger partial charge in [0, 0.05) is 43.4 Å². The number of nitrogens with zero attached hydrogens (tertiary/aromatic N) is 2. The monoisotopic (exact) mass is 343 g/mol. The molecular weight excluding hydrogens is 322 g/mol. The molecule has 2 aromatic carbocycles. The van der Waals surface area contributed by atoms with Crippen molar-refractivity contribution in [3.8, 4) is 0 Å². The molecule has 0 aliphatic carbocycles. The van der Waals surface area contributed by atoms with E-state index in [4.69, 9.17) is 11.6 Å². The van der Waals surface area contributed by atoms with Crippen molar-refractivity contribution in [1.29, 1.82) is 0 Å². The van der Waals surface area contributed by atoms with Gasteiger partial charge in [0.05, 0.1) is 6.54 Å². The maximum Gasteiger partial charge on any atom is 0.240 e. The first kappa shape index (κ1) is 17.0. The van der Waals surface area contributed by atoms with Crippen molar-refractivity contribution in [3.05, 3.63) is 65.2 Å². The van der Waals surface area contributed by atoms with Crippen LogP contribution in [0.4, 0.5) is 5.69 Å². The Morgan fingerprint density at radius 3 is 2.79 bits per heavy atom. The molecule has 0 saturated carbocycles. The van der Waals surface area contributed by atoms with Crippen LogP contribution in [0, 0.1) is 0 Å². The van der Waals surface area contributed by atoms with Crippen molar-refractivity contribution in [2.45, 2.75) is 6.04 Å². The Kier molecular flexibility index (Phi) is 5.51. The Bertz CT molecular complexity index is 692. The van der Waals surface area contributed by atoms with E-state index in [1.54, 1.807) is 4.90 Å². The van der Waals surface area contributed by atoms with Crippen LogP contribution in [0.2, 0.25) is 5.02 Å². The van der Waals surface area contributed by atoms with Gasteiger partial charge in [-0.2, -0.15) is 0 Å². The van der Waals surface area contributed by atoms with E-state index in [9.17, 15) is 4.79 Å². The molecule has 2 aromatic rings. The molecule has 0 aromatic heterocycles. The number of benzene rings is 2. The first-order valence-electron chi connectivity index (χ1n) is 8.17. The molecule has 1 aliphatic heterocycles. The highest BCUT2D eigenvalue weighted by molar-refractivity contribution is 6.30. The van der Waals surface area contributed by atoms with Gasteiger partial charge >= 0.3 is 0 Å². The average molecular weight is 344 g/mol. The standard InChI is InChI=1S/C19H22ClN3O/c1-22(17-8-3-2-4-9-17)19(24)14-23-11-10-21-13-18(23)15-6-5-7-16(20)12-15/h2-9,12,18,21H,10-11,13-14H2,1H3. The third kappa shape index (κ3) is 3.96. The number of carbonyl (C=O) groups excluding carboxylic acids is 1. The Balaban J connectivity index is 1.73. The minimum atomic E-state index is 0.0927. The van der Waals surface area contributed by atoms with Crippen molar-refractivity contribution >= 4 is 23.2 Å². The fraction of sp³-hybridized carbons (Fsp3) is 0.316. The van der Waals surface area contributed by atoms with E-state index >= 15 is 0 Å². The van der Waals surface area contributed by atoms with Gasteiger partial charge in [0.25, 0.3) is 0 Å². The first-order valence-corrected chi connectivity index (χ1v) is 8.55. The fourth-order valence-corrected chi connectivity index (χ4v) is 3.25. The number of carbonyl (C=O) groups is 1. The summed E-state index contributed by atoms with van der Waals surface area (Å²) in [5.41, 5.74) is 2.06. The fourth-order valence-electron chi connectivity index (χ4n) is 3.05. The second-order valence-electron chi connectivity index (χ2n) is 6.03. The smallest absolute Gasteiger partial charge is 0.240 e. The molecule has 0 bridgehead atoms. The van der Waals surface area contributed by atoms with E-state index in [0.29, 0.717) is 6.54 Å². The van der Waals surface area contributed by atoms with Gasteiger partial charge in [0.15, 0.2) is 0 Å². The normalized spacial score (nSPS) is 18.3. The van der Waals surface area contributed by atoms with E-state index in [2.05, 4.69) is 16.3 Å². The topological polar surface area (TPSA) is 35.6 Å². The van der Waals surface area contributed by atoms with E-state index < -0.39 is 0 Å². The molecule has 1 unspecified atom stereocenters. The van der Waals surface area contributed by atoms with Crippen molar-refractivity contribution in [2.24, 2.45) is 0 Å². The zero-order valence-electron chi connectivity index (χ0n) is 13.8. The molecule has 1 saturated heterocycles. The molecule has 0 radical (unpaired) electrons. The molecule has 0 spiro atoms. The average Bonchev–Trinajstić information content (AvgIpc) is 2.62. The molecule has 1 aliphatic rings.